The van der Waals surface area contributed by atoms with Crippen LogP contribution in [-0.4, -0.2) is 4.92 Å². The van der Waals surface area contributed by atoms with Gasteiger partial charge in [-0.05, 0) is 23.8 Å². The van der Waals surface area contributed by atoms with E-state index in [1.807, 2.05) is 0 Å². The fourth-order valence-corrected chi connectivity index (χ4v) is 0.871. The van der Waals surface area contributed by atoms with E-state index in [9.17, 15) is 14.5 Å². The molecule has 1 rings (SSSR count). The summed E-state index contributed by atoms with van der Waals surface area (Å²) < 4.78 is 12.4. The zero-order valence-electron chi connectivity index (χ0n) is 6.98. The minimum atomic E-state index is -0.932. The highest BCUT2D eigenvalue weighted by Gasteiger charge is 2.02. The van der Waals surface area contributed by atoms with Crippen LogP contribution in [0.15, 0.2) is 30.1 Å². The van der Waals surface area contributed by atoms with Crippen molar-refractivity contribution < 1.29 is 9.31 Å². The van der Waals surface area contributed by atoms with Crippen molar-refractivity contribution in [2.24, 2.45) is 0 Å². The van der Waals surface area contributed by atoms with Crippen molar-refractivity contribution in [3.63, 3.8) is 0 Å². The van der Waals surface area contributed by atoms with E-state index in [4.69, 9.17) is 5.26 Å². The Bertz CT molecular complexity index is 417. The maximum Gasteiger partial charge on any atom is 0.269 e. The lowest BCUT2D eigenvalue weighted by molar-refractivity contribution is -0.384. The third kappa shape index (κ3) is 2.38. The Labute approximate surface area is 79.0 Å². The number of non-ortho nitro benzene ring substituents is 1. The zero-order chi connectivity index (χ0) is 10.6. The Morgan fingerprint density at radius 3 is 2.50 bits per heavy atom. The summed E-state index contributed by atoms with van der Waals surface area (Å²) in [5.41, 5.74) is 0.342. The van der Waals surface area contributed by atoms with Gasteiger partial charge in [-0.25, -0.2) is 0 Å². The fourth-order valence-electron chi connectivity index (χ4n) is 0.871. The Morgan fingerprint density at radius 2 is 2.07 bits per heavy atom. The van der Waals surface area contributed by atoms with E-state index in [0.717, 1.165) is 6.08 Å². The van der Waals surface area contributed by atoms with Crippen LogP contribution in [0.25, 0.3) is 6.08 Å². The van der Waals surface area contributed by atoms with E-state index >= 15 is 0 Å². The highest BCUT2D eigenvalue weighted by Crippen LogP contribution is 2.14. The maximum atomic E-state index is 12.4. The molecule has 0 aliphatic rings. The van der Waals surface area contributed by atoms with Gasteiger partial charge in [-0.2, -0.15) is 9.65 Å². The van der Waals surface area contributed by atoms with Gasteiger partial charge in [0.15, 0.2) is 0 Å². The molecule has 0 aromatic heterocycles. The van der Waals surface area contributed by atoms with Crippen molar-refractivity contribution in [3.05, 3.63) is 45.8 Å². The number of hydrogen-bond acceptors (Lipinski definition) is 3. The molecule has 0 aliphatic heterocycles. The Morgan fingerprint density at radius 1 is 1.50 bits per heavy atom. The lowest BCUT2D eigenvalue weighted by atomic mass is 10.2. The molecule has 1 aromatic carbocycles. The van der Waals surface area contributed by atoms with Crippen molar-refractivity contribution in [3.8, 4) is 6.07 Å². The molecule has 70 valence electrons. The average Bonchev–Trinajstić information content (AvgIpc) is 2.18. The van der Waals surface area contributed by atoms with Gasteiger partial charge >= 0.3 is 0 Å². The van der Waals surface area contributed by atoms with E-state index < -0.39 is 10.8 Å². The smallest absolute Gasteiger partial charge is 0.258 e. The number of nitro benzene ring substituents is 1. The summed E-state index contributed by atoms with van der Waals surface area (Å²) >= 11 is 0. The van der Waals surface area contributed by atoms with Gasteiger partial charge in [0.25, 0.3) is 5.69 Å². The van der Waals surface area contributed by atoms with Crippen LogP contribution in [0.4, 0.5) is 10.1 Å². The second-order valence-electron chi connectivity index (χ2n) is 2.45. The molecular weight excluding hydrogens is 187 g/mol. The van der Waals surface area contributed by atoms with Gasteiger partial charge in [-0.15, -0.1) is 0 Å². The molecule has 4 nitrogen and oxygen atoms in total. The molecule has 0 aliphatic carbocycles. The van der Waals surface area contributed by atoms with Crippen LogP contribution in [-0.2, 0) is 0 Å². The predicted molar refractivity (Wildman–Crippen MR) is 47.8 cm³/mol. The molecule has 0 atom stereocenters. The summed E-state index contributed by atoms with van der Waals surface area (Å²) in [4.78, 5) is 9.71. The molecule has 0 heterocycles. The Kier molecular flexibility index (Phi) is 2.92. The molecule has 0 saturated heterocycles. The summed E-state index contributed by atoms with van der Waals surface area (Å²) in [6, 6.07) is 6.54. The van der Waals surface area contributed by atoms with E-state index in [0.29, 0.717) is 5.56 Å². The summed E-state index contributed by atoms with van der Waals surface area (Å²) in [6.07, 6.45) is 1.00. The fraction of sp³-hybridized carbons (Fsp3) is 0. The number of nitrogens with zero attached hydrogens (tertiary/aromatic N) is 2. The van der Waals surface area contributed by atoms with Crippen molar-refractivity contribution in [2.75, 3.05) is 0 Å². The van der Waals surface area contributed by atoms with E-state index in [1.54, 1.807) is 0 Å². The number of nitro groups is 1. The van der Waals surface area contributed by atoms with Gasteiger partial charge in [0.2, 0.25) is 5.83 Å². The van der Waals surface area contributed by atoms with Crippen molar-refractivity contribution in [1.29, 1.82) is 5.26 Å². The predicted octanol–water partition coefficient (Wildman–Crippen LogP) is 2.43. The van der Waals surface area contributed by atoms with Crippen molar-refractivity contribution in [1.82, 2.24) is 0 Å². The first-order valence-corrected chi connectivity index (χ1v) is 3.65. The number of halogens is 1. The SMILES string of the molecule is N#C/C(F)=C\c1ccc([N+](=O)[O-])cc1. The monoisotopic (exact) mass is 192 g/mol. The van der Waals surface area contributed by atoms with E-state index in [1.165, 1.54) is 30.3 Å². The third-order valence-corrected chi connectivity index (χ3v) is 1.50. The molecule has 0 amide bonds. The van der Waals surface area contributed by atoms with Gasteiger partial charge < -0.3 is 0 Å². The van der Waals surface area contributed by atoms with Crippen LogP contribution < -0.4 is 0 Å². The highest BCUT2D eigenvalue weighted by molar-refractivity contribution is 5.56. The van der Waals surface area contributed by atoms with E-state index in [2.05, 4.69) is 0 Å². The van der Waals surface area contributed by atoms with Gasteiger partial charge in [-0.1, -0.05) is 0 Å². The van der Waals surface area contributed by atoms with E-state index in [-0.39, 0.29) is 5.69 Å². The third-order valence-electron chi connectivity index (χ3n) is 1.50. The number of benzene rings is 1. The molecule has 1 aromatic rings. The average molecular weight is 192 g/mol. The van der Waals surface area contributed by atoms with Gasteiger partial charge in [0, 0.05) is 12.1 Å². The van der Waals surface area contributed by atoms with Crippen LogP contribution in [0.2, 0.25) is 0 Å². The highest BCUT2D eigenvalue weighted by atomic mass is 19.1. The maximum absolute atomic E-state index is 12.4. The molecule has 14 heavy (non-hydrogen) atoms. The number of allylic oxidation sites excluding steroid dienone is 1. The normalized spacial score (nSPS) is 10.7. The van der Waals surface area contributed by atoms with Crippen LogP contribution >= 0.6 is 0 Å². The molecule has 0 radical (unpaired) electrons. The van der Waals surface area contributed by atoms with Crippen molar-refractivity contribution >= 4 is 11.8 Å². The van der Waals surface area contributed by atoms with Crippen LogP contribution in [0.1, 0.15) is 5.56 Å². The minimum Gasteiger partial charge on any atom is -0.258 e. The summed E-state index contributed by atoms with van der Waals surface area (Å²) in [6.45, 7) is 0. The summed E-state index contributed by atoms with van der Waals surface area (Å²) in [5, 5.41) is 18.4. The quantitative estimate of drug-likeness (QED) is 0.410. The lowest BCUT2D eigenvalue weighted by Crippen LogP contribution is -1.86. The van der Waals surface area contributed by atoms with Gasteiger partial charge in [-0.3, -0.25) is 10.1 Å². The largest absolute Gasteiger partial charge is 0.269 e. The number of hydrogen-bond donors (Lipinski definition) is 0. The Balaban J connectivity index is 2.96. The molecule has 0 N–H and O–H groups in total. The van der Waals surface area contributed by atoms with Crippen LogP contribution in [0.3, 0.4) is 0 Å². The molecule has 5 heteroatoms. The number of rotatable bonds is 2. The summed E-state index contributed by atoms with van der Waals surface area (Å²) in [7, 11) is 0. The van der Waals surface area contributed by atoms with Gasteiger partial charge in [0.1, 0.15) is 6.07 Å². The molecule has 0 bridgehead atoms. The standard InChI is InChI=1S/C9H5FN2O2/c10-8(6-11)5-7-1-3-9(4-2-7)12(13)14/h1-5H/b8-5+. The topological polar surface area (TPSA) is 66.9 Å². The Hall–Kier alpha value is -2.22. The second-order valence-corrected chi connectivity index (χ2v) is 2.45. The molecule has 0 fully saturated rings. The first kappa shape index (κ1) is 9.86. The van der Waals surface area contributed by atoms with Crippen molar-refractivity contribution in [2.45, 2.75) is 0 Å². The second kappa shape index (κ2) is 4.14. The summed E-state index contributed by atoms with van der Waals surface area (Å²) in [5.74, 6) is -0.932. The molecule has 0 saturated carbocycles. The number of nitriles is 1. The first-order valence-electron chi connectivity index (χ1n) is 3.65. The van der Waals surface area contributed by atoms with Gasteiger partial charge in [0.05, 0.1) is 4.92 Å². The minimum absolute atomic E-state index is 0.0699. The molecular formula is C9H5FN2O2. The molecule has 0 unspecified atom stereocenters. The van der Waals surface area contributed by atoms with Crippen LogP contribution in [0.5, 0.6) is 0 Å². The van der Waals surface area contributed by atoms with Crippen LogP contribution in [0, 0.1) is 21.4 Å². The first-order chi connectivity index (χ1) is 6.63. The molecule has 0 spiro atoms. The zero-order valence-corrected chi connectivity index (χ0v) is 6.98. The lowest BCUT2D eigenvalue weighted by Gasteiger charge is -1.92.